The van der Waals surface area contributed by atoms with Crippen LogP contribution in [0.3, 0.4) is 0 Å². The number of para-hydroxylation sites is 2. The Morgan fingerprint density at radius 1 is 0.897 bits per heavy atom. The number of imide groups is 1. The van der Waals surface area contributed by atoms with Gasteiger partial charge in [-0.2, -0.15) is 0 Å². The molecule has 1 aliphatic rings. The largest absolute Gasteiger partial charge is 0.457 e. The first kappa shape index (κ1) is 18.7. The zero-order valence-electron chi connectivity index (χ0n) is 16.4. The van der Waals surface area contributed by atoms with Crippen molar-refractivity contribution >= 4 is 11.9 Å². The molecule has 0 bridgehead atoms. The van der Waals surface area contributed by atoms with Crippen LogP contribution in [0.2, 0.25) is 0 Å². The van der Waals surface area contributed by atoms with Crippen LogP contribution in [0.1, 0.15) is 23.6 Å². The molecule has 1 fully saturated rings. The molecule has 5 heteroatoms. The fourth-order valence-corrected chi connectivity index (χ4v) is 3.44. The van der Waals surface area contributed by atoms with Crippen molar-refractivity contribution in [2.45, 2.75) is 25.9 Å². The van der Waals surface area contributed by atoms with Gasteiger partial charge < -0.3 is 10.1 Å². The Labute approximate surface area is 169 Å². The Bertz CT molecular complexity index is 1050. The Kier molecular flexibility index (Phi) is 4.80. The smallest absolute Gasteiger partial charge is 0.325 e. The zero-order valence-corrected chi connectivity index (χ0v) is 16.4. The summed E-state index contributed by atoms with van der Waals surface area (Å²) in [5.41, 5.74) is 1.53. The van der Waals surface area contributed by atoms with Crippen molar-refractivity contribution in [2.75, 3.05) is 0 Å². The van der Waals surface area contributed by atoms with Gasteiger partial charge in [0.15, 0.2) is 0 Å². The van der Waals surface area contributed by atoms with Crippen molar-refractivity contribution in [2.24, 2.45) is 0 Å². The Morgan fingerprint density at radius 3 is 2.28 bits per heavy atom. The molecular formula is C24H22N2O3. The molecule has 0 aromatic heterocycles. The predicted octanol–water partition coefficient (Wildman–Crippen LogP) is 4.75. The van der Waals surface area contributed by atoms with Gasteiger partial charge in [0.1, 0.15) is 17.0 Å². The highest BCUT2D eigenvalue weighted by Crippen LogP contribution is 2.32. The number of aryl methyl sites for hydroxylation is 1. The summed E-state index contributed by atoms with van der Waals surface area (Å²) < 4.78 is 5.97. The fourth-order valence-electron chi connectivity index (χ4n) is 3.44. The van der Waals surface area contributed by atoms with E-state index in [1.807, 2.05) is 85.8 Å². The van der Waals surface area contributed by atoms with Crippen molar-refractivity contribution in [3.8, 4) is 11.5 Å². The third-order valence-electron chi connectivity index (χ3n) is 5.18. The van der Waals surface area contributed by atoms with E-state index in [2.05, 4.69) is 5.32 Å². The lowest BCUT2D eigenvalue weighted by Crippen LogP contribution is -2.40. The number of nitrogens with zero attached hydrogens (tertiary/aromatic N) is 1. The highest BCUT2D eigenvalue weighted by molar-refractivity contribution is 6.07. The van der Waals surface area contributed by atoms with Gasteiger partial charge in [0.05, 0.1) is 6.54 Å². The SMILES string of the molecule is Cc1ccc([C@@]2(C)NC(=O)N(Cc3ccccc3Oc3ccccc3)C2=O)cc1. The number of carbonyl (C=O) groups excluding carboxylic acids is 2. The average molecular weight is 386 g/mol. The minimum Gasteiger partial charge on any atom is -0.457 e. The van der Waals surface area contributed by atoms with Crippen molar-refractivity contribution in [3.05, 3.63) is 95.6 Å². The summed E-state index contributed by atoms with van der Waals surface area (Å²) in [7, 11) is 0. The van der Waals surface area contributed by atoms with Crippen LogP contribution in [0.5, 0.6) is 11.5 Å². The molecule has 4 rings (SSSR count). The molecule has 146 valence electrons. The van der Waals surface area contributed by atoms with Crippen LogP contribution >= 0.6 is 0 Å². The summed E-state index contributed by atoms with van der Waals surface area (Å²) in [4.78, 5) is 27.1. The molecule has 1 saturated heterocycles. The maximum Gasteiger partial charge on any atom is 0.325 e. The van der Waals surface area contributed by atoms with E-state index in [1.165, 1.54) is 4.90 Å². The van der Waals surface area contributed by atoms with Gasteiger partial charge >= 0.3 is 6.03 Å². The average Bonchev–Trinajstić information content (AvgIpc) is 2.94. The highest BCUT2D eigenvalue weighted by Gasteiger charge is 2.49. The molecule has 0 unspecified atom stereocenters. The zero-order chi connectivity index (χ0) is 20.4. The molecule has 1 atom stereocenters. The van der Waals surface area contributed by atoms with Crippen molar-refractivity contribution in [3.63, 3.8) is 0 Å². The first-order valence-electron chi connectivity index (χ1n) is 9.49. The lowest BCUT2D eigenvalue weighted by atomic mass is 9.91. The highest BCUT2D eigenvalue weighted by atomic mass is 16.5. The van der Waals surface area contributed by atoms with Crippen molar-refractivity contribution in [1.82, 2.24) is 10.2 Å². The van der Waals surface area contributed by atoms with Crippen molar-refractivity contribution in [1.29, 1.82) is 0 Å². The van der Waals surface area contributed by atoms with E-state index >= 15 is 0 Å². The molecule has 1 heterocycles. The van der Waals surface area contributed by atoms with Gasteiger partial charge in [-0.3, -0.25) is 9.69 Å². The van der Waals surface area contributed by atoms with Crippen molar-refractivity contribution < 1.29 is 14.3 Å². The molecule has 29 heavy (non-hydrogen) atoms. The molecule has 0 radical (unpaired) electrons. The predicted molar refractivity (Wildman–Crippen MR) is 111 cm³/mol. The molecule has 5 nitrogen and oxygen atoms in total. The van der Waals surface area contributed by atoms with Crippen LogP contribution in [-0.2, 0) is 16.9 Å². The molecule has 0 aliphatic carbocycles. The topological polar surface area (TPSA) is 58.6 Å². The summed E-state index contributed by atoms with van der Waals surface area (Å²) in [6.07, 6.45) is 0. The molecule has 3 aromatic carbocycles. The monoisotopic (exact) mass is 386 g/mol. The second-order valence-corrected chi connectivity index (χ2v) is 7.34. The lowest BCUT2D eigenvalue weighted by molar-refractivity contribution is -0.131. The van der Waals surface area contributed by atoms with Gasteiger partial charge in [-0.25, -0.2) is 4.79 Å². The summed E-state index contributed by atoms with van der Waals surface area (Å²) in [6.45, 7) is 3.86. The van der Waals surface area contributed by atoms with E-state index in [4.69, 9.17) is 4.74 Å². The van der Waals surface area contributed by atoms with Gasteiger partial charge in [0, 0.05) is 5.56 Å². The Hall–Kier alpha value is -3.60. The van der Waals surface area contributed by atoms with Gasteiger partial charge in [-0.1, -0.05) is 66.2 Å². The number of nitrogens with one attached hydrogen (secondary N) is 1. The van der Waals surface area contributed by atoms with Gasteiger partial charge in [0.25, 0.3) is 5.91 Å². The first-order chi connectivity index (χ1) is 14.0. The standard InChI is InChI=1S/C24H22N2O3/c1-17-12-14-19(15-13-17)24(2)22(27)26(23(28)25-24)16-18-8-6-7-11-21(18)29-20-9-4-3-5-10-20/h3-15H,16H2,1-2H3,(H,25,28)/t24-/m1/s1. The lowest BCUT2D eigenvalue weighted by Gasteiger charge is -2.22. The number of ether oxygens (including phenoxy) is 1. The van der Waals surface area contributed by atoms with Crippen LogP contribution in [-0.4, -0.2) is 16.8 Å². The summed E-state index contributed by atoms with van der Waals surface area (Å²) in [6, 6.07) is 24.1. The third-order valence-corrected chi connectivity index (χ3v) is 5.18. The minimum atomic E-state index is -1.08. The fraction of sp³-hybridized carbons (Fsp3) is 0.167. The normalized spacial score (nSPS) is 18.6. The summed E-state index contributed by atoms with van der Waals surface area (Å²) >= 11 is 0. The van der Waals surface area contributed by atoms with E-state index in [0.717, 1.165) is 16.7 Å². The maximum atomic E-state index is 13.2. The van der Waals surface area contributed by atoms with E-state index in [9.17, 15) is 9.59 Å². The second kappa shape index (κ2) is 7.43. The molecule has 3 aromatic rings. The summed E-state index contributed by atoms with van der Waals surface area (Å²) in [5.74, 6) is 1.03. The number of hydrogen-bond acceptors (Lipinski definition) is 3. The van der Waals surface area contributed by atoms with E-state index < -0.39 is 11.6 Å². The Morgan fingerprint density at radius 2 is 1.55 bits per heavy atom. The number of hydrogen-bond donors (Lipinski definition) is 1. The van der Waals surface area contributed by atoms with E-state index in [-0.39, 0.29) is 12.5 Å². The molecule has 0 spiro atoms. The van der Waals surface area contributed by atoms with Gasteiger partial charge in [0.2, 0.25) is 0 Å². The number of amides is 3. The van der Waals surface area contributed by atoms with Crippen LogP contribution in [0.4, 0.5) is 4.79 Å². The van der Waals surface area contributed by atoms with Crippen LogP contribution in [0.15, 0.2) is 78.9 Å². The minimum absolute atomic E-state index is 0.134. The molecule has 3 amide bonds. The van der Waals surface area contributed by atoms with Gasteiger partial charge in [-0.15, -0.1) is 0 Å². The van der Waals surface area contributed by atoms with Crippen LogP contribution < -0.4 is 10.1 Å². The molecule has 1 N–H and O–H groups in total. The Balaban J connectivity index is 1.60. The van der Waals surface area contributed by atoms with Crippen LogP contribution in [0, 0.1) is 6.92 Å². The summed E-state index contributed by atoms with van der Waals surface area (Å²) in [5, 5.41) is 2.85. The van der Waals surface area contributed by atoms with E-state index in [0.29, 0.717) is 11.5 Å². The first-order valence-corrected chi connectivity index (χ1v) is 9.49. The molecule has 0 saturated carbocycles. The number of urea groups is 1. The second-order valence-electron chi connectivity index (χ2n) is 7.34. The number of carbonyl (C=O) groups is 2. The number of benzene rings is 3. The maximum absolute atomic E-state index is 13.2. The molecular weight excluding hydrogens is 364 g/mol. The quantitative estimate of drug-likeness (QED) is 0.644. The third kappa shape index (κ3) is 3.59. The number of rotatable bonds is 5. The van der Waals surface area contributed by atoms with E-state index in [1.54, 1.807) is 6.92 Å². The van der Waals surface area contributed by atoms with Gasteiger partial charge in [-0.05, 0) is 37.6 Å². The van der Waals surface area contributed by atoms with Crippen LogP contribution in [0.25, 0.3) is 0 Å². The molecule has 1 aliphatic heterocycles.